The van der Waals surface area contributed by atoms with Gasteiger partial charge >= 0.3 is 0 Å². The van der Waals surface area contributed by atoms with Crippen LogP contribution in [-0.4, -0.2) is 52.9 Å². The van der Waals surface area contributed by atoms with Crippen LogP contribution in [0.2, 0.25) is 0 Å². The van der Waals surface area contributed by atoms with Crippen LogP contribution in [-0.2, 0) is 16.0 Å². The fourth-order valence-corrected chi connectivity index (χ4v) is 4.34. The zero-order valence-electron chi connectivity index (χ0n) is 20.2. The number of fused-ring (bicyclic) bond motifs is 1. The molecule has 4 amide bonds. The Morgan fingerprint density at radius 3 is 2.11 bits per heavy atom. The number of hydrogen-bond acceptors (Lipinski definition) is 5. The fraction of sp³-hybridized carbons (Fsp3) is 0.407. The Morgan fingerprint density at radius 2 is 1.51 bits per heavy atom. The zero-order valence-corrected chi connectivity index (χ0v) is 21.1. The quantitative estimate of drug-likeness (QED) is 0.311. The average molecular weight is 496 g/mol. The molecule has 2 atom stereocenters. The summed E-state index contributed by atoms with van der Waals surface area (Å²) in [6.07, 6.45) is 2.03. The molecule has 0 saturated carbocycles. The molecule has 3 rings (SSSR count). The lowest BCUT2D eigenvalue weighted by atomic mass is 10.0. The largest absolute Gasteiger partial charge is 0.354 e. The number of hydrogen-bond donors (Lipinski definition) is 3. The Hall–Kier alpha value is -3.13. The van der Waals surface area contributed by atoms with Gasteiger partial charge in [-0.2, -0.15) is 12.6 Å². The highest BCUT2D eigenvalue weighted by Gasteiger charge is 2.34. The van der Waals surface area contributed by atoms with Gasteiger partial charge in [-0.3, -0.25) is 24.1 Å². The molecule has 7 nitrogen and oxygen atoms in total. The molecule has 186 valence electrons. The first-order valence-electron chi connectivity index (χ1n) is 12.0. The maximum atomic E-state index is 12.8. The molecule has 2 aromatic carbocycles. The van der Waals surface area contributed by atoms with Gasteiger partial charge in [0.25, 0.3) is 11.8 Å². The van der Waals surface area contributed by atoms with Crippen molar-refractivity contribution >= 4 is 36.3 Å². The summed E-state index contributed by atoms with van der Waals surface area (Å²) < 4.78 is 0. The molecule has 0 bridgehead atoms. The molecule has 0 aromatic heterocycles. The Morgan fingerprint density at radius 1 is 0.914 bits per heavy atom. The molecule has 0 saturated heterocycles. The molecule has 0 aliphatic carbocycles. The van der Waals surface area contributed by atoms with Crippen molar-refractivity contribution in [3.8, 4) is 0 Å². The second kappa shape index (κ2) is 12.5. The van der Waals surface area contributed by atoms with Gasteiger partial charge < -0.3 is 10.6 Å². The summed E-state index contributed by atoms with van der Waals surface area (Å²) in [5, 5.41) is 5.10. The van der Waals surface area contributed by atoms with Crippen LogP contribution >= 0.6 is 12.6 Å². The number of benzene rings is 2. The third kappa shape index (κ3) is 7.18. The molecular formula is C27H33N3O4S. The molecule has 1 aliphatic heterocycles. The summed E-state index contributed by atoms with van der Waals surface area (Å²) in [6.45, 7) is 4.69. The summed E-state index contributed by atoms with van der Waals surface area (Å²) in [5.41, 5.74) is 1.95. The number of thiol groups is 1. The van der Waals surface area contributed by atoms with Gasteiger partial charge in [0.1, 0.15) is 6.04 Å². The number of imide groups is 1. The molecule has 8 heteroatoms. The van der Waals surface area contributed by atoms with E-state index in [4.69, 9.17) is 0 Å². The van der Waals surface area contributed by atoms with Crippen molar-refractivity contribution in [3.63, 3.8) is 0 Å². The first-order chi connectivity index (χ1) is 16.8. The van der Waals surface area contributed by atoms with Crippen LogP contribution in [0, 0.1) is 5.92 Å². The molecule has 2 N–H and O–H groups in total. The summed E-state index contributed by atoms with van der Waals surface area (Å²) in [6, 6.07) is 16.0. The number of carbonyl (C=O) groups excluding carboxylic acids is 4. The SMILES string of the molecule is CC(C)C[C@H](NC(=O)C(S)CCCN1C(=O)c2ccccc2C1=O)C(=O)NCCc1ccccc1. The van der Waals surface area contributed by atoms with E-state index in [0.29, 0.717) is 43.4 Å². The van der Waals surface area contributed by atoms with Gasteiger partial charge in [-0.15, -0.1) is 0 Å². The van der Waals surface area contributed by atoms with Crippen LogP contribution in [0.3, 0.4) is 0 Å². The third-order valence-corrected chi connectivity index (χ3v) is 6.43. The van der Waals surface area contributed by atoms with E-state index in [1.807, 2.05) is 44.2 Å². The molecule has 1 heterocycles. The molecule has 0 radical (unpaired) electrons. The van der Waals surface area contributed by atoms with Crippen LogP contribution in [0.1, 0.15) is 59.4 Å². The Balaban J connectivity index is 1.46. The van der Waals surface area contributed by atoms with Gasteiger partial charge in [0.2, 0.25) is 11.8 Å². The molecule has 0 spiro atoms. The molecular weight excluding hydrogens is 462 g/mol. The number of amides is 4. The molecule has 0 fully saturated rings. The Bertz CT molecular complexity index is 1020. The van der Waals surface area contributed by atoms with Gasteiger partial charge in [-0.25, -0.2) is 0 Å². The topological polar surface area (TPSA) is 95.6 Å². The van der Waals surface area contributed by atoms with E-state index < -0.39 is 11.3 Å². The van der Waals surface area contributed by atoms with Crippen molar-refractivity contribution in [2.75, 3.05) is 13.1 Å². The fourth-order valence-electron chi connectivity index (χ4n) is 4.08. The summed E-state index contributed by atoms with van der Waals surface area (Å²) in [7, 11) is 0. The Labute approximate surface area is 212 Å². The van der Waals surface area contributed by atoms with E-state index in [2.05, 4.69) is 23.3 Å². The van der Waals surface area contributed by atoms with Gasteiger partial charge in [0.15, 0.2) is 0 Å². The van der Waals surface area contributed by atoms with Crippen molar-refractivity contribution < 1.29 is 19.2 Å². The highest BCUT2D eigenvalue weighted by Crippen LogP contribution is 2.23. The van der Waals surface area contributed by atoms with Gasteiger partial charge in [0.05, 0.1) is 16.4 Å². The molecule has 2 aromatic rings. The highest BCUT2D eigenvalue weighted by atomic mass is 32.1. The summed E-state index contributed by atoms with van der Waals surface area (Å²) >= 11 is 4.42. The lowest BCUT2D eigenvalue weighted by molar-refractivity contribution is -0.129. The molecule has 1 unspecified atom stereocenters. The normalized spacial score (nSPS) is 14.6. The number of rotatable bonds is 12. The van der Waals surface area contributed by atoms with Crippen molar-refractivity contribution in [3.05, 3.63) is 71.3 Å². The predicted octanol–water partition coefficient (Wildman–Crippen LogP) is 3.25. The lowest BCUT2D eigenvalue weighted by Crippen LogP contribution is -2.49. The van der Waals surface area contributed by atoms with Crippen molar-refractivity contribution in [1.82, 2.24) is 15.5 Å². The van der Waals surface area contributed by atoms with Crippen LogP contribution < -0.4 is 10.6 Å². The number of nitrogens with one attached hydrogen (secondary N) is 2. The Kier molecular flexibility index (Phi) is 9.48. The second-order valence-electron chi connectivity index (χ2n) is 9.18. The maximum Gasteiger partial charge on any atom is 0.261 e. The number of nitrogens with zero attached hydrogens (tertiary/aromatic N) is 1. The van der Waals surface area contributed by atoms with E-state index in [0.717, 1.165) is 5.56 Å². The monoisotopic (exact) mass is 495 g/mol. The average Bonchev–Trinajstić information content (AvgIpc) is 3.08. The van der Waals surface area contributed by atoms with E-state index in [1.54, 1.807) is 24.3 Å². The highest BCUT2D eigenvalue weighted by molar-refractivity contribution is 7.81. The lowest BCUT2D eigenvalue weighted by Gasteiger charge is -2.22. The minimum Gasteiger partial charge on any atom is -0.354 e. The van der Waals surface area contributed by atoms with E-state index in [9.17, 15) is 19.2 Å². The smallest absolute Gasteiger partial charge is 0.261 e. The predicted molar refractivity (Wildman–Crippen MR) is 138 cm³/mol. The van der Waals surface area contributed by atoms with Gasteiger partial charge in [0, 0.05) is 13.1 Å². The van der Waals surface area contributed by atoms with Crippen molar-refractivity contribution in [1.29, 1.82) is 0 Å². The van der Waals surface area contributed by atoms with Crippen LogP contribution in [0.25, 0.3) is 0 Å². The van der Waals surface area contributed by atoms with E-state index >= 15 is 0 Å². The first kappa shape index (κ1) is 26.5. The summed E-state index contributed by atoms with van der Waals surface area (Å²) in [5.74, 6) is -0.952. The molecule has 35 heavy (non-hydrogen) atoms. The van der Waals surface area contributed by atoms with Crippen LogP contribution in [0.5, 0.6) is 0 Å². The van der Waals surface area contributed by atoms with Crippen LogP contribution in [0.15, 0.2) is 54.6 Å². The van der Waals surface area contributed by atoms with Gasteiger partial charge in [-0.1, -0.05) is 56.3 Å². The third-order valence-electron chi connectivity index (χ3n) is 5.94. The van der Waals surface area contributed by atoms with Gasteiger partial charge in [-0.05, 0) is 49.3 Å². The maximum absolute atomic E-state index is 12.8. The van der Waals surface area contributed by atoms with Crippen molar-refractivity contribution in [2.45, 2.75) is 50.8 Å². The summed E-state index contributed by atoms with van der Waals surface area (Å²) in [4.78, 5) is 51.7. The molecule has 1 aliphatic rings. The minimum atomic E-state index is -0.656. The standard InChI is InChI=1S/C27H33N3O4S/c1-18(2)17-22(24(31)28-15-14-19-9-4-3-5-10-19)29-25(32)23(35)13-8-16-30-26(33)20-11-6-7-12-21(20)27(30)34/h3-7,9-12,18,22-23,35H,8,13-17H2,1-2H3,(H,28,31)(H,29,32)/t22-,23?/m0/s1. The second-order valence-corrected chi connectivity index (χ2v) is 9.81. The zero-order chi connectivity index (χ0) is 25.4. The van der Waals surface area contributed by atoms with E-state index in [1.165, 1.54) is 4.90 Å². The first-order valence-corrected chi connectivity index (χ1v) is 12.5. The van der Waals surface area contributed by atoms with Crippen molar-refractivity contribution in [2.24, 2.45) is 5.92 Å². The minimum absolute atomic E-state index is 0.213. The number of carbonyl (C=O) groups is 4. The van der Waals surface area contributed by atoms with E-state index in [-0.39, 0.29) is 36.1 Å². The van der Waals surface area contributed by atoms with Crippen LogP contribution in [0.4, 0.5) is 0 Å².